The number of aryl methyl sites for hydroxylation is 1. The summed E-state index contributed by atoms with van der Waals surface area (Å²) in [6.07, 6.45) is 0.963. The Kier molecular flexibility index (Phi) is 6.40. The van der Waals surface area contributed by atoms with Gasteiger partial charge in [-0.1, -0.05) is 0 Å². The molecular formula is C17H29N5O2S. The van der Waals surface area contributed by atoms with Gasteiger partial charge >= 0.3 is 6.03 Å². The van der Waals surface area contributed by atoms with Crippen molar-refractivity contribution in [3.63, 3.8) is 0 Å². The number of aromatic nitrogens is 1. The van der Waals surface area contributed by atoms with Gasteiger partial charge in [-0.3, -0.25) is 15.0 Å². The van der Waals surface area contributed by atoms with Gasteiger partial charge in [-0.15, -0.1) is 11.3 Å². The average molecular weight is 368 g/mol. The Labute approximate surface area is 153 Å². The number of carbonyl (C=O) groups excluding carboxylic acids is 2. The number of imide groups is 1. The van der Waals surface area contributed by atoms with Crippen LogP contribution >= 0.6 is 11.3 Å². The monoisotopic (exact) mass is 367 g/mol. The molecule has 1 aromatic heterocycles. The van der Waals surface area contributed by atoms with Crippen molar-refractivity contribution in [2.45, 2.75) is 52.6 Å². The second-order valence-corrected chi connectivity index (χ2v) is 8.35. The predicted octanol–water partition coefficient (Wildman–Crippen LogP) is 1.98. The lowest BCUT2D eigenvalue weighted by Crippen LogP contribution is -2.53. The maximum absolute atomic E-state index is 12.4. The Balaban J connectivity index is 1.88. The Morgan fingerprint density at radius 2 is 1.96 bits per heavy atom. The van der Waals surface area contributed by atoms with Crippen LogP contribution in [0.4, 0.5) is 9.93 Å². The summed E-state index contributed by atoms with van der Waals surface area (Å²) in [5.41, 5.74) is 0.668. The number of urea groups is 1. The normalized spacial score (nSPS) is 17.7. The first-order chi connectivity index (χ1) is 11.7. The summed E-state index contributed by atoms with van der Waals surface area (Å²) in [6.45, 7) is 12.9. The zero-order valence-corrected chi connectivity index (χ0v) is 16.6. The number of hydrogen-bond acceptors (Lipinski definition) is 6. The minimum Gasteiger partial charge on any atom is -0.347 e. The summed E-state index contributed by atoms with van der Waals surface area (Å²) in [5.74, 6) is -0.264. The van der Waals surface area contributed by atoms with Gasteiger partial charge in [0.1, 0.15) is 0 Å². The van der Waals surface area contributed by atoms with Gasteiger partial charge in [-0.05, 0) is 41.0 Å². The molecule has 1 aromatic rings. The van der Waals surface area contributed by atoms with E-state index in [4.69, 9.17) is 0 Å². The lowest BCUT2D eigenvalue weighted by atomic mass is 10.1. The zero-order valence-electron chi connectivity index (χ0n) is 15.8. The third-order valence-electron chi connectivity index (χ3n) is 4.06. The lowest BCUT2D eigenvalue weighted by molar-refractivity contribution is -0.124. The van der Waals surface area contributed by atoms with Gasteiger partial charge < -0.3 is 10.2 Å². The van der Waals surface area contributed by atoms with Gasteiger partial charge in [0.2, 0.25) is 5.91 Å². The van der Waals surface area contributed by atoms with Crippen molar-refractivity contribution >= 4 is 28.4 Å². The molecule has 0 aliphatic carbocycles. The van der Waals surface area contributed by atoms with E-state index in [9.17, 15) is 9.59 Å². The molecule has 2 N–H and O–H groups in total. The second-order valence-electron chi connectivity index (χ2n) is 7.52. The van der Waals surface area contributed by atoms with Crippen LogP contribution in [0.2, 0.25) is 0 Å². The third-order valence-corrected chi connectivity index (χ3v) is 5.08. The van der Waals surface area contributed by atoms with E-state index in [2.05, 4.69) is 30.8 Å². The van der Waals surface area contributed by atoms with Crippen LogP contribution in [-0.2, 0) is 4.79 Å². The van der Waals surface area contributed by atoms with Gasteiger partial charge in [0, 0.05) is 37.1 Å². The summed E-state index contributed by atoms with van der Waals surface area (Å²) < 4.78 is 0. The van der Waals surface area contributed by atoms with Gasteiger partial charge in [0.25, 0.3) is 0 Å². The molecule has 1 fully saturated rings. The van der Waals surface area contributed by atoms with Gasteiger partial charge in [-0.25, -0.2) is 9.78 Å². The molecule has 7 nitrogen and oxygen atoms in total. The zero-order chi connectivity index (χ0) is 18.6. The highest BCUT2D eigenvalue weighted by Crippen LogP contribution is 2.21. The van der Waals surface area contributed by atoms with Crippen molar-refractivity contribution in [1.82, 2.24) is 20.5 Å². The largest absolute Gasteiger partial charge is 0.347 e. The lowest BCUT2D eigenvalue weighted by Gasteiger charge is -2.27. The highest BCUT2D eigenvalue weighted by atomic mass is 32.1. The fourth-order valence-corrected chi connectivity index (χ4v) is 3.61. The molecule has 0 radical (unpaired) electrons. The van der Waals surface area contributed by atoms with Crippen molar-refractivity contribution in [2.24, 2.45) is 0 Å². The maximum atomic E-state index is 12.4. The molecular weight excluding hydrogens is 338 g/mol. The molecule has 0 saturated carbocycles. The van der Waals surface area contributed by atoms with E-state index in [1.54, 1.807) is 11.3 Å². The van der Waals surface area contributed by atoms with Crippen LogP contribution in [0, 0.1) is 6.92 Å². The molecule has 8 heteroatoms. The number of thiazole rings is 1. The number of nitrogens with one attached hydrogen (secondary N) is 2. The first-order valence-electron chi connectivity index (χ1n) is 8.70. The molecule has 1 aliphatic heterocycles. The van der Waals surface area contributed by atoms with E-state index in [1.807, 2.05) is 34.6 Å². The van der Waals surface area contributed by atoms with Gasteiger partial charge in [-0.2, -0.15) is 0 Å². The fourth-order valence-electron chi connectivity index (χ4n) is 2.76. The molecule has 1 saturated heterocycles. The van der Waals surface area contributed by atoms with Crippen molar-refractivity contribution in [2.75, 3.05) is 31.1 Å². The van der Waals surface area contributed by atoms with Crippen LogP contribution in [0.5, 0.6) is 0 Å². The standard InChI is InChI=1S/C17H29N5O2S/c1-12-11-25-16(18-12)22-8-6-7-21(9-10-22)13(2)14(23)19-15(24)20-17(3,4)5/h11,13H,6-10H2,1-5H3,(H2,19,20,23,24)/t13-/m1/s1. The molecule has 0 bridgehead atoms. The van der Waals surface area contributed by atoms with Crippen molar-refractivity contribution in [3.05, 3.63) is 11.1 Å². The highest BCUT2D eigenvalue weighted by molar-refractivity contribution is 7.13. The van der Waals surface area contributed by atoms with E-state index in [-0.39, 0.29) is 17.5 Å². The van der Waals surface area contributed by atoms with Gasteiger partial charge in [0.05, 0.1) is 11.7 Å². The van der Waals surface area contributed by atoms with Crippen LogP contribution in [0.3, 0.4) is 0 Å². The molecule has 2 heterocycles. The summed E-state index contributed by atoms with van der Waals surface area (Å²) in [5, 5.41) is 8.29. The van der Waals surface area contributed by atoms with Crippen molar-refractivity contribution in [1.29, 1.82) is 0 Å². The smallest absolute Gasteiger partial charge is 0.321 e. The highest BCUT2D eigenvalue weighted by Gasteiger charge is 2.26. The summed E-state index contributed by atoms with van der Waals surface area (Å²) in [7, 11) is 0. The van der Waals surface area contributed by atoms with E-state index < -0.39 is 6.03 Å². The minimum atomic E-state index is -0.445. The SMILES string of the molecule is Cc1csc(N2CCCN([C@H](C)C(=O)NC(=O)NC(C)(C)C)CC2)n1. The number of amides is 3. The van der Waals surface area contributed by atoms with Crippen LogP contribution in [0.25, 0.3) is 0 Å². The fraction of sp³-hybridized carbons (Fsp3) is 0.706. The molecule has 0 aromatic carbocycles. The minimum absolute atomic E-state index is 0.264. The van der Waals surface area contributed by atoms with Gasteiger partial charge in [0.15, 0.2) is 5.13 Å². The number of carbonyl (C=O) groups is 2. The third kappa shape index (κ3) is 5.97. The van der Waals surface area contributed by atoms with E-state index in [1.165, 1.54) is 0 Å². The quantitative estimate of drug-likeness (QED) is 0.854. The molecule has 140 valence electrons. The first kappa shape index (κ1) is 19.7. The summed E-state index contributed by atoms with van der Waals surface area (Å²) >= 11 is 1.66. The van der Waals surface area contributed by atoms with Crippen LogP contribution in [0.1, 0.15) is 39.8 Å². The Bertz CT molecular complexity index is 610. The second kappa shape index (κ2) is 8.14. The molecule has 0 spiro atoms. The molecule has 0 unspecified atom stereocenters. The molecule has 1 aliphatic rings. The molecule has 2 rings (SSSR count). The molecule has 1 atom stereocenters. The van der Waals surface area contributed by atoms with E-state index >= 15 is 0 Å². The topological polar surface area (TPSA) is 77.6 Å². The Hall–Kier alpha value is -1.67. The van der Waals surface area contributed by atoms with E-state index in [0.717, 1.165) is 43.4 Å². The Morgan fingerprint density at radius 3 is 2.56 bits per heavy atom. The number of anilines is 1. The van der Waals surface area contributed by atoms with Crippen LogP contribution in [-0.4, -0.2) is 59.6 Å². The molecule has 3 amide bonds. The van der Waals surface area contributed by atoms with E-state index in [0.29, 0.717) is 0 Å². The first-order valence-corrected chi connectivity index (χ1v) is 9.58. The van der Waals surface area contributed by atoms with Crippen LogP contribution < -0.4 is 15.5 Å². The number of nitrogens with zero attached hydrogens (tertiary/aromatic N) is 3. The summed E-state index contributed by atoms with van der Waals surface area (Å²) in [6, 6.07) is -0.789. The maximum Gasteiger partial charge on any atom is 0.321 e. The number of rotatable bonds is 3. The Morgan fingerprint density at radius 1 is 1.24 bits per heavy atom. The van der Waals surface area contributed by atoms with Crippen molar-refractivity contribution in [3.8, 4) is 0 Å². The number of hydrogen-bond donors (Lipinski definition) is 2. The summed E-state index contributed by atoms with van der Waals surface area (Å²) in [4.78, 5) is 33.2. The van der Waals surface area contributed by atoms with Crippen LogP contribution in [0.15, 0.2) is 5.38 Å². The van der Waals surface area contributed by atoms with Crippen molar-refractivity contribution < 1.29 is 9.59 Å². The predicted molar refractivity (Wildman–Crippen MR) is 101 cm³/mol. The average Bonchev–Trinajstić information content (AvgIpc) is 2.78. The molecule has 25 heavy (non-hydrogen) atoms.